The van der Waals surface area contributed by atoms with Gasteiger partial charge in [-0.25, -0.2) is 4.21 Å². The second-order valence-electron chi connectivity index (χ2n) is 2.17. The second-order valence-corrected chi connectivity index (χ2v) is 2.81. The van der Waals surface area contributed by atoms with E-state index >= 15 is 0 Å². The molecule has 13 heavy (non-hydrogen) atoms. The predicted molar refractivity (Wildman–Crippen MR) is 49.2 cm³/mol. The summed E-state index contributed by atoms with van der Waals surface area (Å²) in [5.74, 6) is -0.435. The van der Waals surface area contributed by atoms with Crippen molar-refractivity contribution in [3.63, 3.8) is 0 Å². The van der Waals surface area contributed by atoms with Crippen molar-refractivity contribution in [2.45, 2.75) is 20.3 Å². The van der Waals surface area contributed by atoms with Gasteiger partial charge < -0.3 is 14.5 Å². The van der Waals surface area contributed by atoms with Crippen molar-refractivity contribution in [1.82, 2.24) is 0 Å². The van der Waals surface area contributed by atoms with Gasteiger partial charge in [0.1, 0.15) is 0 Å². The van der Waals surface area contributed by atoms with Crippen molar-refractivity contribution in [1.29, 1.82) is 0 Å². The van der Waals surface area contributed by atoms with Gasteiger partial charge in [0.05, 0.1) is 18.0 Å². The fourth-order valence-electron chi connectivity index (χ4n) is 0.151. The summed E-state index contributed by atoms with van der Waals surface area (Å²) >= 11 is -2.32. The number of carbonyl (C=O) groups excluding carboxylic acids is 1. The van der Waals surface area contributed by atoms with Crippen molar-refractivity contribution in [2.24, 2.45) is 5.73 Å². The molecule has 5 nitrogen and oxygen atoms in total. The van der Waals surface area contributed by atoms with Crippen LogP contribution in [0.1, 0.15) is 20.3 Å². The molecule has 78 valence electrons. The molecule has 0 aliphatic rings. The molecule has 0 aromatic rings. The fraction of sp³-hybridized carbons (Fsp3) is 0.571. The highest BCUT2D eigenvalue weighted by molar-refractivity contribution is 7.74. The van der Waals surface area contributed by atoms with Crippen LogP contribution in [-0.2, 0) is 20.3 Å². The quantitative estimate of drug-likeness (QED) is 0.529. The molecule has 0 aliphatic carbocycles. The Hall–Kier alpha value is -0.720. The summed E-state index contributed by atoms with van der Waals surface area (Å²) in [6.45, 7) is 6.98. The second kappa shape index (κ2) is 9.37. The number of nitrogens with two attached hydrogens (primary N) is 1. The Balaban J connectivity index is 0. The Labute approximate surface area is 80.4 Å². The Morgan fingerprint density at radius 1 is 1.69 bits per heavy atom. The van der Waals surface area contributed by atoms with Crippen molar-refractivity contribution >= 4 is 17.3 Å². The number of hydrogen-bond acceptors (Lipinski definition) is 4. The molecule has 1 amide bonds. The highest BCUT2D eigenvalue weighted by Gasteiger charge is 1.86. The average molecular weight is 208 g/mol. The molecule has 0 fully saturated rings. The number of amides is 1. The van der Waals surface area contributed by atoms with Crippen LogP contribution in [-0.4, -0.2) is 21.3 Å². The molecule has 0 aromatic carbocycles. The molecule has 1 atom stereocenters. The molecular weight excluding hydrogens is 194 g/mol. The van der Waals surface area contributed by atoms with Gasteiger partial charge in [0.15, 0.2) is 0 Å². The lowest BCUT2D eigenvalue weighted by atomic mass is 10.3. The molecule has 0 rings (SSSR count). The van der Waals surface area contributed by atoms with Gasteiger partial charge in [-0.3, -0.25) is 4.79 Å². The minimum Gasteiger partial charge on any atom is -0.750 e. The van der Waals surface area contributed by atoms with Crippen LogP contribution < -0.4 is 5.73 Å². The third-order valence-corrected chi connectivity index (χ3v) is 1.16. The van der Waals surface area contributed by atoms with E-state index in [1.165, 1.54) is 0 Å². The Morgan fingerprint density at radius 3 is 2.15 bits per heavy atom. The molecule has 0 radical (unpaired) electrons. The molecule has 0 aromatic heterocycles. The number of carbonyl (C=O) groups is 1. The SMILES string of the molecule is C=C(C)C(N)=O.CCCOS(=O)[O-]. The number of rotatable bonds is 4. The summed E-state index contributed by atoms with van der Waals surface area (Å²) in [6, 6.07) is 0. The minimum absolute atomic E-state index is 0.288. The monoisotopic (exact) mass is 208 g/mol. The van der Waals surface area contributed by atoms with Crippen molar-refractivity contribution < 1.29 is 17.7 Å². The van der Waals surface area contributed by atoms with Gasteiger partial charge in [0.25, 0.3) is 0 Å². The molecule has 0 spiro atoms. The van der Waals surface area contributed by atoms with E-state index in [2.05, 4.69) is 10.8 Å². The molecule has 0 heterocycles. The van der Waals surface area contributed by atoms with Gasteiger partial charge >= 0.3 is 0 Å². The first-order chi connectivity index (χ1) is 5.91. The third-order valence-electron chi connectivity index (χ3n) is 0.804. The summed E-state index contributed by atoms with van der Waals surface area (Å²) < 4.78 is 23.2. The van der Waals surface area contributed by atoms with E-state index in [-0.39, 0.29) is 6.61 Å². The van der Waals surface area contributed by atoms with Crippen LogP contribution in [0.15, 0.2) is 12.2 Å². The van der Waals surface area contributed by atoms with Crippen molar-refractivity contribution in [3.8, 4) is 0 Å². The highest BCUT2D eigenvalue weighted by Crippen LogP contribution is 1.80. The predicted octanol–water partition coefficient (Wildman–Crippen LogP) is 0.255. The number of primary amides is 1. The maximum absolute atomic E-state index is 9.82. The van der Waals surface area contributed by atoms with E-state index in [4.69, 9.17) is 5.73 Å². The first-order valence-corrected chi connectivity index (χ1v) is 4.59. The van der Waals surface area contributed by atoms with Crippen LogP contribution in [0.3, 0.4) is 0 Å². The van der Waals surface area contributed by atoms with E-state index in [0.29, 0.717) is 5.57 Å². The molecule has 0 aliphatic heterocycles. The van der Waals surface area contributed by atoms with E-state index in [1.807, 2.05) is 6.92 Å². The Morgan fingerprint density at radius 2 is 2.08 bits per heavy atom. The summed E-state index contributed by atoms with van der Waals surface area (Å²) in [5, 5.41) is 0. The molecule has 0 saturated carbocycles. The lowest BCUT2D eigenvalue weighted by Gasteiger charge is -2.01. The molecule has 0 saturated heterocycles. The summed E-state index contributed by atoms with van der Waals surface area (Å²) in [5.41, 5.74) is 5.09. The first-order valence-electron chi connectivity index (χ1n) is 3.59. The van der Waals surface area contributed by atoms with E-state index in [0.717, 1.165) is 6.42 Å². The van der Waals surface area contributed by atoms with E-state index in [1.54, 1.807) is 6.92 Å². The first kappa shape index (κ1) is 14.8. The van der Waals surface area contributed by atoms with Crippen LogP contribution >= 0.6 is 0 Å². The van der Waals surface area contributed by atoms with Crippen LogP contribution in [0.2, 0.25) is 0 Å². The average Bonchev–Trinajstić information content (AvgIpc) is 2.01. The van der Waals surface area contributed by atoms with Gasteiger partial charge in [-0.05, 0) is 13.3 Å². The van der Waals surface area contributed by atoms with Gasteiger partial charge in [0.2, 0.25) is 5.91 Å². The summed E-state index contributed by atoms with van der Waals surface area (Å²) in [7, 11) is 0. The molecule has 1 unspecified atom stereocenters. The largest absolute Gasteiger partial charge is 0.750 e. The zero-order valence-electron chi connectivity index (χ0n) is 7.74. The van der Waals surface area contributed by atoms with Gasteiger partial charge in [-0.15, -0.1) is 0 Å². The highest BCUT2D eigenvalue weighted by atomic mass is 32.2. The normalized spacial score (nSPS) is 11.0. The van der Waals surface area contributed by atoms with Crippen LogP contribution in [0.25, 0.3) is 0 Å². The Kier molecular flexibility index (Phi) is 10.7. The van der Waals surface area contributed by atoms with Gasteiger partial charge in [-0.1, -0.05) is 13.5 Å². The molecular formula is C7H14NO4S-. The molecule has 6 heteroatoms. The van der Waals surface area contributed by atoms with Crippen LogP contribution in [0, 0.1) is 0 Å². The zero-order chi connectivity index (χ0) is 10.9. The van der Waals surface area contributed by atoms with E-state index in [9.17, 15) is 13.6 Å². The third kappa shape index (κ3) is 18.3. The molecule has 2 N–H and O–H groups in total. The standard InChI is InChI=1S/C4H7NO.C3H8O3S/c1-3(2)4(5)6;1-2-3-6-7(4)5/h1H2,2H3,(H2,5,6);2-3H2,1H3,(H,4,5)/p-1. The summed E-state index contributed by atoms with van der Waals surface area (Å²) in [4.78, 5) is 9.82. The lowest BCUT2D eigenvalue weighted by molar-refractivity contribution is -0.114. The topological polar surface area (TPSA) is 92.5 Å². The number of hydrogen-bond donors (Lipinski definition) is 1. The lowest BCUT2D eigenvalue weighted by Crippen LogP contribution is -2.10. The smallest absolute Gasteiger partial charge is 0.243 e. The van der Waals surface area contributed by atoms with Crippen LogP contribution in [0.4, 0.5) is 0 Å². The van der Waals surface area contributed by atoms with Gasteiger partial charge in [0, 0.05) is 5.57 Å². The Bertz CT molecular complexity index is 181. The van der Waals surface area contributed by atoms with Gasteiger partial charge in [-0.2, -0.15) is 0 Å². The maximum atomic E-state index is 9.82. The van der Waals surface area contributed by atoms with Crippen molar-refractivity contribution in [2.75, 3.05) is 6.61 Å². The van der Waals surface area contributed by atoms with Crippen molar-refractivity contribution in [3.05, 3.63) is 12.2 Å². The minimum atomic E-state index is -2.32. The van der Waals surface area contributed by atoms with Crippen LogP contribution in [0.5, 0.6) is 0 Å². The zero-order valence-corrected chi connectivity index (χ0v) is 8.56. The summed E-state index contributed by atoms with van der Waals surface area (Å²) in [6.07, 6.45) is 0.730. The maximum Gasteiger partial charge on any atom is 0.243 e. The van der Waals surface area contributed by atoms with E-state index < -0.39 is 17.3 Å². The fourth-order valence-corrected chi connectivity index (χ4v) is 0.454. The molecule has 0 bridgehead atoms.